The van der Waals surface area contributed by atoms with Gasteiger partial charge in [-0.05, 0) is 20.1 Å². The summed E-state index contributed by atoms with van der Waals surface area (Å²) in [6.07, 6.45) is 1.36. The second kappa shape index (κ2) is 5.99. The van der Waals surface area contributed by atoms with E-state index >= 15 is 0 Å². The molecule has 0 heterocycles. The molecule has 2 unspecified atom stereocenters. The van der Waals surface area contributed by atoms with Crippen molar-refractivity contribution in [2.75, 3.05) is 13.4 Å². The number of Topliss-reactive ketones (excluding diaryl/α,β-unsaturated/α-hetero) is 1. The predicted molar refractivity (Wildman–Crippen MR) is 53.0 cm³/mol. The molecule has 0 saturated carbocycles. The summed E-state index contributed by atoms with van der Waals surface area (Å²) in [5, 5.41) is 2.35. The quantitative estimate of drug-likeness (QED) is 0.745. The fourth-order valence-corrected chi connectivity index (χ4v) is 1.12. The fourth-order valence-electron chi connectivity index (χ4n) is 0.871. The Morgan fingerprint density at radius 3 is 2.31 bits per heavy atom. The first kappa shape index (κ1) is 12.4. The molecule has 0 aliphatic carbocycles. The van der Waals surface area contributed by atoms with Gasteiger partial charge in [-0.2, -0.15) is 0 Å². The van der Waals surface area contributed by atoms with Crippen LogP contribution >= 0.6 is 11.8 Å². The summed E-state index contributed by atoms with van der Waals surface area (Å²) in [7, 11) is 1.51. The van der Waals surface area contributed by atoms with Crippen molar-refractivity contribution in [3.8, 4) is 0 Å². The molecule has 0 aromatic heterocycles. The zero-order valence-electron chi connectivity index (χ0n) is 8.29. The first-order valence-corrected chi connectivity index (χ1v) is 5.13. The van der Waals surface area contributed by atoms with Crippen LogP contribution < -0.4 is 5.32 Å². The van der Waals surface area contributed by atoms with Gasteiger partial charge in [-0.15, -0.1) is 0 Å². The van der Waals surface area contributed by atoms with Crippen molar-refractivity contribution in [2.45, 2.75) is 26.0 Å². The van der Waals surface area contributed by atoms with Gasteiger partial charge in [-0.3, -0.25) is 9.59 Å². The molecule has 1 amide bonds. The Morgan fingerprint density at radius 2 is 2.00 bits per heavy atom. The van der Waals surface area contributed by atoms with Gasteiger partial charge < -0.3 is 10.1 Å². The third-order valence-corrected chi connectivity index (χ3v) is 2.23. The van der Waals surface area contributed by atoms with Crippen molar-refractivity contribution >= 4 is 22.8 Å². The van der Waals surface area contributed by atoms with E-state index in [1.54, 1.807) is 13.2 Å². The summed E-state index contributed by atoms with van der Waals surface area (Å²) in [5.74, 6) is -0.100. The maximum absolute atomic E-state index is 11.1. The number of carbonyl (C=O) groups is 2. The standard InChI is InChI=1S/C8H15NO3S/c1-5(10)7(6(2)12-3)9-8(11)13-4/h6-7H,1-4H3,(H,9,11). The summed E-state index contributed by atoms with van der Waals surface area (Å²) >= 11 is 1.04. The normalized spacial score (nSPS) is 14.8. The van der Waals surface area contributed by atoms with Gasteiger partial charge in [0, 0.05) is 7.11 Å². The summed E-state index contributed by atoms with van der Waals surface area (Å²) in [6.45, 7) is 3.17. The van der Waals surface area contributed by atoms with Crippen LogP contribution in [0.2, 0.25) is 0 Å². The Bertz CT molecular complexity index is 196. The zero-order valence-corrected chi connectivity index (χ0v) is 9.10. The van der Waals surface area contributed by atoms with E-state index in [9.17, 15) is 9.59 Å². The van der Waals surface area contributed by atoms with Gasteiger partial charge >= 0.3 is 0 Å². The van der Waals surface area contributed by atoms with Crippen molar-refractivity contribution in [1.82, 2.24) is 5.32 Å². The van der Waals surface area contributed by atoms with E-state index in [1.165, 1.54) is 14.0 Å². The maximum Gasteiger partial charge on any atom is 0.279 e. The topological polar surface area (TPSA) is 55.4 Å². The Labute approximate surface area is 82.4 Å². The van der Waals surface area contributed by atoms with Gasteiger partial charge in [0.2, 0.25) is 0 Å². The van der Waals surface area contributed by atoms with Crippen molar-refractivity contribution in [2.24, 2.45) is 0 Å². The minimum absolute atomic E-state index is 0.100. The predicted octanol–water partition coefficient (Wildman–Crippen LogP) is 1.05. The lowest BCUT2D eigenvalue weighted by atomic mass is 10.1. The number of hydrogen-bond acceptors (Lipinski definition) is 4. The Balaban J connectivity index is 4.26. The van der Waals surface area contributed by atoms with Gasteiger partial charge in [-0.1, -0.05) is 11.8 Å². The lowest BCUT2D eigenvalue weighted by Crippen LogP contribution is -2.46. The van der Waals surface area contributed by atoms with Crippen molar-refractivity contribution in [1.29, 1.82) is 0 Å². The second-order valence-electron chi connectivity index (χ2n) is 2.67. The maximum atomic E-state index is 11.1. The molecule has 0 aromatic carbocycles. The van der Waals surface area contributed by atoms with Crippen molar-refractivity contribution < 1.29 is 14.3 Å². The molecular formula is C8H15NO3S. The molecule has 4 nitrogen and oxygen atoms in total. The van der Waals surface area contributed by atoms with Crippen LogP contribution in [0.25, 0.3) is 0 Å². The smallest absolute Gasteiger partial charge is 0.279 e. The van der Waals surface area contributed by atoms with E-state index < -0.39 is 6.04 Å². The van der Waals surface area contributed by atoms with E-state index in [2.05, 4.69) is 5.32 Å². The highest BCUT2D eigenvalue weighted by Gasteiger charge is 2.22. The molecule has 0 aromatic rings. The molecule has 0 bridgehead atoms. The number of carbonyl (C=O) groups excluding carboxylic acids is 2. The summed E-state index contributed by atoms with van der Waals surface area (Å²) in [4.78, 5) is 22.1. The van der Waals surface area contributed by atoms with Crippen molar-refractivity contribution in [3.05, 3.63) is 0 Å². The number of methoxy groups -OCH3 is 1. The third kappa shape index (κ3) is 4.28. The average molecular weight is 205 g/mol. The SMILES string of the molecule is COC(C)C(NC(=O)SC)C(C)=O. The highest BCUT2D eigenvalue weighted by Crippen LogP contribution is 2.02. The summed E-state index contributed by atoms with van der Waals surface area (Å²) in [5.41, 5.74) is 0. The van der Waals surface area contributed by atoms with Crippen LogP contribution in [0.5, 0.6) is 0 Å². The first-order chi connectivity index (χ1) is 6.02. The number of thioether (sulfide) groups is 1. The van der Waals surface area contributed by atoms with Gasteiger partial charge in [0.1, 0.15) is 6.04 Å². The first-order valence-electron chi connectivity index (χ1n) is 3.90. The number of ether oxygens (including phenoxy) is 1. The lowest BCUT2D eigenvalue weighted by molar-refractivity contribution is -0.121. The highest BCUT2D eigenvalue weighted by atomic mass is 32.2. The summed E-state index contributed by atoms with van der Waals surface area (Å²) < 4.78 is 4.97. The molecular weight excluding hydrogens is 190 g/mol. The van der Waals surface area contributed by atoms with Gasteiger partial charge in [0.15, 0.2) is 5.78 Å². The number of hydrogen-bond donors (Lipinski definition) is 1. The fraction of sp³-hybridized carbons (Fsp3) is 0.750. The van der Waals surface area contributed by atoms with E-state index in [-0.39, 0.29) is 17.1 Å². The minimum Gasteiger partial charge on any atom is -0.379 e. The molecule has 1 N–H and O–H groups in total. The van der Waals surface area contributed by atoms with Crippen LogP contribution in [0.15, 0.2) is 0 Å². The number of nitrogens with one attached hydrogen (secondary N) is 1. The molecule has 0 radical (unpaired) electrons. The molecule has 0 aliphatic rings. The van der Waals surface area contributed by atoms with Crippen LogP contribution in [-0.2, 0) is 9.53 Å². The minimum atomic E-state index is -0.551. The Hall–Kier alpha value is -0.550. The molecule has 5 heteroatoms. The van der Waals surface area contributed by atoms with Crippen LogP contribution in [0.4, 0.5) is 4.79 Å². The Morgan fingerprint density at radius 1 is 1.46 bits per heavy atom. The molecule has 0 spiro atoms. The molecule has 0 fully saturated rings. The third-order valence-electron chi connectivity index (χ3n) is 1.74. The molecule has 0 rings (SSSR count). The molecule has 0 saturated heterocycles. The van der Waals surface area contributed by atoms with E-state index in [0.717, 1.165) is 11.8 Å². The Kier molecular flexibility index (Phi) is 5.73. The van der Waals surface area contributed by atoms with Crippen LogP contribution in [0, 0.1) is 0 Å². The molecule has 76 valence electrons. The molecule has 2 atom stereocenters. The lowest BCUT2D eigenvalue weighted by Gasteiger charge is -2.20. The average Bonchev–Trinajstić information content (AvgIpc) is 2.11. The van der Waals surface area contributed by atoms with E-state index in [1.807, 2.05) is 0 Å². The molecule has 13 heavy (non-hydrogen) atoms. The van der Waals surface area contributed by atoms with Crippen molar-refractivity contribution in [3.63, 3.8) is 0 Å². The van der Waals surface area contributed by atoms with Gasteiger partial charge in [0.05, 0.1) is 6.10 Å². The largest absolute Gasteiger partial charge is 0.379 e. The van der Waals surface area contributed by atoms with E-state index in [4.69, 9.17) is 4.74 Å². The molecule has 0 aliphatic heterocycles. The van der Waals surface area contributed by atoms with E-state index in [0.29, 0.717) is 0 Å². The highest BCUT2D eigenvalue weighted by molar-refractivity contribution is 8.12. The van der Waals surface area contributed by atoms with Crippen LogP contribution in [0.1, 0.15) is 13.8 Å². The van der Waals surface area contributed by atoms with Crippen LogP contribution in [0.3, 0.4) is 0 Å². The van der Waals surface area contributed by atoms with Gasteiger partial charge in [0.25, 0.3) is 5.24 Å². The number of amides is 1. The van der Waals surface area contributed by atoms with Gasteiger partial charge in [-0.25, -0.2) is 0 Å². The number of ketones is 1. The zero-order chi connectivity index (χ0) is 10.4. The van der Waals surface area contributed by atoms with Crippen LogP contribution in [-0.4, -0.2) is 36.5 Å². The summed E-state index contributed by atoms with van der Waals surface area (Å²) in [6, 6.07) is -0.551. The monoisotopic (exact) mass is 205 g/mol. The number of rotatable bonds is 4. The second-order valence-corrected chi connectivity index (χ2v) is 3.44.